The summed E-state index contributed by atoms with van der Waals surface area (Å²) >= 11 is 0. The highest BCUT2D eigenvalue weighted by atomic mass is 16.2. The van der Waals surface area contributed by atoms with Gasteiger partial charge in [0.15, 0.2) is 0 Å². The summed E-state index contributed by atoms with van der Waals surface area (Å²) in [6.45, 7) is 2.94. The van der Waals surface area contributed by atoms with Crippen molar-refractivity contribution in [3.05, 3.63) is 64.7 Å². The highest BCUT2D eigenvalue weighted by Gasteiger charge is 2.44. The van der Waals surface area contributed by atoms with Crippen molar-refractivity contribution in [3.8, 4) is 0 Å². The van der Waals surface area contributed by atoms with Crippen LogP contribution in [0.4, 0.5) is 5.69 Å². The highest BCUT2D eigenvalue weighted by Crippen LogP contribution is 2.46. The maximum absolute atomic E-state index is 12.7. The Labute approximate surface area is 169 Å². The first-order chi connectivity index (χ1) is 14.0. The number of carbonyl (C=O) groups excluding carboxylic acids is 3. The van der Waals surface area contributed by atoms with Gasteiger partial charge >= 0.3 is 0 Å². The summed E-state index contributed by atoms with van der Waals surface area (Å²) in [6, 6.07) is 13.0. The minimum Gasteiger partial charge on any atom is -0.314 e. The molecule has 3 aliphatic rings. The van der Waals surface area contributed by atoms with E-state index in [9.17, 15) is 14.4 Å². The van der Waals surface area contributed by atoms with Crippen LogP contribution in [0.25, 0.3) is 0 Å². The molecule has 1 saturated heterocycles. The second-order valence-electron chi connectivity index (χ2n) is 8.41. The van der Waals surface area contributed by atoms with Gasteiger partial charge in [0, 0.05) is 17.6 Å². The van der Waals surface area contributed by atoms with Gasteiger partial charge in [-0.3, -0.25) is 19.3 Å². The molecule has 29 heavy (non-hydrogen) atoms. The third-order valence-corrected chi connectivity index (χ3v) is 6.71. The molecule has 0 unspecified atom stereocenters. The molecule has 3 aliphatic heterocycles. The van der Waals surface area contributed by atoms with Gasteiger partial charge in [-0.25, -0.2) is 0 Å². The number of benzene rings is 2. The Bertz CT molecular complexity index is 989. The molecule has 0 atom stereocenters. The van der Waals surface area contributed by atoms with E-state index in [0.717, 1.165) is 43.6 Å². The average molecular weight is 389 g/mol. The van der Waals surface area contributed by atoms with Crippen LogP contribution in [0.15, 0.2) is 42.5 Å². The fraction of sp³-hybridized carbons (Fsp3) is 0.348. The summed E-state index contributed by atoms with van der Waals surface area (Å²) in [5.41, 5.74) is 3.95. The highest BCUT2D eigenvalue weighted by molar-refractivity contribution is 6.21. The molecule has 6 nitrogen and oxygen atoms in total. The molecule has 2 aromatic rings. The van der Waals surface area contributed by atoms with Gasteiger partial charge in [0.05, 0.1) is 17.7 Å². The molecular weight excluding hydrogens is 366 g/mol. The summed E-state index contributed by atoms with van der Waals surface area (Å²) in [4.78, 5) is 42.5. The van der Waals surface area contributed by atoms with E-state index in [-0.39, 0.29) is 23.8 Å². The normalized spacial score (nSPS) is 20.3. The van der Waals surface area contributed by atoms with Crippen LogP contribution in [0.5, 0.6) is 0 Å². The monoisotopic (exact) mass is 389 g/mol. The minimum absolute atomic E-state index is 0.0409. The van der Waals surface area contributed by atoms with E-state index in [2.05, 4.69) is 18.0 Å². The fourth-order valence-corrected chi connectivity index (χ4v) is 4.99. The lowest BCUT2D eigenvalue weighted by Gasteiger charge is -2.38. The minimum atomic E-state index is -0.241. The summed E-state index contributed by atoms with van der Waals surface area (Å²) in [7, 11) is 2.12. The van der Waals surface area contributed by atoms with Gasteiger partial charge in [-0.05, 0) is 62.3 Å². The van der Waals surface area contributed by atoms with Gasteiger partial charge < -0.3 is 9.80 Å². The number of hydrogen-bond acceptors (Lipinski definition) is 4. The van der Waals surface area contributed by atoms with Crippen LogP contribution in [-0.4, -0.2) is 54.7 Å². The molecule has 0 aliphatic carbocycles. The molecule has 0 bridgehead atoms. The van der Waals surface area contributed by atoms with Crippen LogP contribution < -0.4 is 4.90 Å². The predicted octanol–water partition coefficient (Wildman–Crippen LogP) is 2.42. The number of rotatable bonds is 3. The largest absolute Gasteiger partial charge is 0.314 e. The summed E-state index contributed by atoms with van der Waals surface area (Å²) in [6.07, 6.45) is 2.91. The zero-order valence-electron chi connectivity index (χ0n) is 16.4. The smallest absolute Gasteiger partial charge is 0.261 e. The van der Waals surface area contributed by atoms with Crippen LogP contribution >= 0.6 is 0 Å². The summed E-state index contributed by atoms with van der Waals surface area (Å²) in [5.74, 6) is -0.482. The van der Waals surface area contributed by atoms with Crippen LogP contribution in [0, 0.1) is 0 Å². The van der Waals surface area contributed by atoms with E-state index < -0.39 is 0 Å². The summed E-state index contributed by atoms with van der Waals surface area (Å²) in [5, 5.41) is 0. The quantitative estimate of drug-likeness (QED) is 0.598. The number of likely N-dealkylation sites (tertiary alicyclic amines) is 1. The Morgan fingerprint density at radius 1 is 1.00 bits per heavy atom. The second kappa shape index (κ2) is 6.52. The standard InChI is InChI=1S/C23H23N3O3/c1-24-10-8-23(9-11-24)14-25(15-27)20-7-6-16(12-19(20)23)13-26-21(28)17-4-2-3-5-18(17)22(26)29/h2-7,12,15H,8-11,13-14H2,1H3. The van der Waals surface area contributed by atoms with E-state index in [1.165, 1.54) is 10.5 Å². The van der Waals surface area contributed by atoms with Crippen molar-refractivity contribution in [1.82, 2.24) is 9.80 Å². The Morgan fingerprint density at radius 3 is 2.28 bits per heavy atom. The molecule has 1 fully saturated rings. The van der Waals surface area contributed by atoms with Gasteiger partial charge in [0.25, 0.3) is 11.8 Å². The number of imide groups is 1. The number of carbonyl (C=O) groups is 3. The molecule has 2 aromatic carbocycles. The van der Waals surface area contributed by atoms with Crippen molar-refractivity contribution < 1.29 is 14.4 Å². The van der Waals surface area contributed by atoms with Crippen molar-refractivity contribution >= 4 is 23.9 Å². The number of nitrogens with zero attached hydrogens (tertiary/aromatic N) is 3. The number of piperidine rings is 1. The molecule has 3 heterocycles. The van der Waals surface area contributed by atoms with Crippen LogP contribution in [0.2, 0.25) is 0 Å². The van der Waals surface area contributed by atoms with Gasteiger partial charge in [-0.2, -0.15) is 0 Å². The Balaban J connectivity index is 1.47. The van der Waals surface area contributed by atoms with Gasteiger partial charge in [-0.1, -0.05) is 24.3 Å². The van der Waals surface area contributed by atoms with E-state index in [1.54, 1.807) is 29.2 Å². The first-order valence-corrected chi connectivity index (χ1v) is 10.0. The first-order valence-electron chi connectivity index (χ1n) is 10.0. The third kappa shape index (κ3) is 2.70. The molecule has 0 radical (unpaired) electrons. The SMILES string of the molecule is CN1CCC2(CC1)CN(C=O)c1ccc(CN3C(=O)c4ccccc4C3=O)cc12. The molecule has 6 heteroatoms. The number of fused-ring (bicyclic) bond motifs is 3. The van der Waals surface area contributed by atoms with Gasteiger partial charge in [0.1, 0.15) is 0 Å². The molecule has 0 N–H and O–H groups in total. The average Bonchev–Trinajstić information content (AvgIpc) is 3.18. The van der Waals surface area contributed by atoms with Crippen molar-refractivity contribution in [1.29, 1.82) is 0 Å². The maximum Gasteiger partial charge on any atom is 0.261 e. The molecule has 3 amide bonds. The van der Waals surface area contributed by atoms with Crippen LogP contribution in [-0.2, 0) is 16.8 Å². The van der Waals surface area contributed by atoms with Crippen molar-refractivity contribution in [2.75, 3.05) is 31.6 Å². The zero-order chi connectivity index (χ0) is 20.2. The number of amides is 3. The lowest BCUT2D eigenvalue weighted by Crippen LogP contribution is -2.43. The van der Waals surface area contributed by atoms with E-state index in [1.807, 2.05) is 12.1 Å². The maximum atomic E-state index is 12.7. The third-order valence-electron chi connectivity index (χ3n) is 6.71. The van der Waals surface area contributed by atoms with Gasteiger partial charge in [-0.15, -0.1) is 0 Å². The zero-order valence-corrected chi connectivity index (χ0v) is 16.4. The van der Waals surface area contributed by atoms with E-state index in [0.29, 0.717) is 17.7 Å². The number of anilines is 1. The second-order valence-corrected chi connectivity index (χ2v) is 8.41. The lowest BCUT2D eigenvalue weighted by molar-refractivity contribution is -0.107. The van der Waals surface area contributed by atoms with Gasteiger partial charge in [0.2, 0.25) is 6.41 Å². The molecule has 0 saturated carbocycles. The van der Waals surface area contributed by atoms with Crippen LogP contribution in [0.3, 0.4) is 0 Å². The van der Waals surface area contributed by atoms with Crippen molar-refractivity contribution in [2.45, 2.75) is 24.8 Å². The fourth-order valence-electron chi connectivity index (χ4n) is 4.99. The van der Waals surface area contributed by atoms with E-state index >= 15 is 0 Å². The molecule has 0 aromatic heterocycles. The molecular formula is C23H23N3O3. The number of hydrogen-bond donors (Lipinski definition) is 0. The summed E-state index contributed by atoms with van der Waals surface area (Å²) < 4.78 is 0. The van der Waals surface area contributed by atoms with Crippen LogP contribution in [0.1, 0.15) is 44.7 Å². The lowest BCUT2D eigenvalue weighted by atomic mass is 9.74. The van der Waals surface area contributed by atoms with E-state index in [4.69, 9.17) is 0 Å². The predicted molar refractivity (Wildman–Crippen MR) is 109 cm³/mol. The first kappa shape index (κ1) is 18.1. The topological polar surface area (TPSA) is 60.9 Å². The molecule has 5 rings (SSSR count). The Morgan fingerprint density at radius 2 is 1.66 bits per heavy atom. The Hall–Kier alpha value is -2.99. The van der Waals surface area contributed by atoms with Crippen molar-refractivity contribution in [3.63, 3.8) is 0 Å². The Kier molecular flexibility index (Phi) is 4.06. The molecule has 148 valence electrons. The molecule has 1 spiro atoms. The van der Waals surface area contributed by atoms with Crippen molar-refractivity contribution in [2.24, 2.45) is 0 Å².